The molecule has 0 aliphatic rings. The second kappa shape index (κ2) is 6.66. The van der Waals surface area contributed by atoms with Gasteiger partial charge in [-0.05, 0) is 13.0 Å². The number of aliphatic hydroxyl groups excluding tert-OH is 2. The maximum absolute atomic E-state index is 11.5. The molecule has 0 fully saturated rings. The fourth-order valence-corrected chi connectivity index (χ4v) is 1.31. The lowest BCUT2D eigenvalue weighted by atomic mass is 10.2. The summed E-state index contributed by atoms with van der Waals surface area (Å²) >= 11 is 0. The Kier molecular flexibility index (Phi) is 5.22. The van der Waals surface area contributed by atoms with E-state index < -0.39 is 29.9 Å². The molecule has 0 unspecified atom stereocenters. The Morgan fingerprint density at radius 3 is 2.68 bits per heavy atom. The molecule has 104 valence electrons. The summed E-state index contributed by atoms with van der Waals surface area (Å²) in [7, 11) is 0. The number of aryl methyl sites for hydroxylation is 1. The molecule has 0 radical (unpaired) electrons. The van der Waals surface area contributed by atoms with Gasteiger partial charge in [0, 0.05) is 18.3 Å². The highest BCUT2D eigenvalue weighted by molar-refractivity contribution is 5.91. The first-order valence-corrected chi connectivity index (χ1v) is 5.52. The van der Waals surface area contributed by atoms with Gasteiger partial charge in [-0.1, -0.05) is 0 Å². The van der Waals surface area contributed by atoms with E-state index in [9.17, 15) is 14.4 Å². The Morgan fingerprint density at radius 2 is 2.11 bits per heavy atom. The number of hydrogen-bond acceptors (Lipinski definition) is 5. The quantitative estimate of drug-likeness (QED) is 0.388. The first kappa shape index (κ1) is 14.9. The average Bonchev–Trinajstić information content (AvgIpc) is 2.34. The molecule has 0 aromatic carbocycles. The van der Waals surface area contributed by atoms with Crippen molar-refractivity contribution in [2.45, 2.75) is 13.0 Å². The Hall–Kier alpha value is -2.19. The first-order valence-electron chi connectivity index (χ1n) is 5.52. The van der Waals surface area contributed by atoms with Crippen molar-refractivity contribution in [2.75, 3.05) is 13.2 Å². The second-order valence-corrected chi connectivity index (χ2v) is 3.86. The van der Waals surface area contributed by atoms with Crippen LogP contribution < -0.4 is 16.6 Å². The van der Waals surface area contributed by atoms with Crippen LogP contribution in [-0.4, -0.2) is 45.3 Å². The fourth-order valence-electron chi connectivity index (χ4n) is 1.31. The van der Waals surface area contributed by atoms with Gasteiger partial charge in [-0.3, -0.25) is 14.6 Å². The van der Waals surface area contributed by atoms with Crippen LogP contribution in [0.4, 0.5) is 0 Å². The van der Waals surface area contributed by atoms with E-state index in [1.54, 1.807) is 0 Å². The SMILES string of the molecule is Cc1[nH]c(=O)[nH]c(=O)c1/C=C/C(=O)NC[C@H](O)CO. The first-order chi connectivity index (χ1) is 8.93. The number of H-pyrrole nitrogens is 2. The molecule has 8 heteroatoms. The van der Waals surface area contributed by atoms with Crippen LogP contribution in [0.2, 0.25) is 0 Å². The van der Waals surface area contributed by atoms with E-state index in [-0.39, 0.29) is 12.1 Å². The van der Waals surface area contributed by atoms with Crippen LogP contribution in [0, 0.1) is 6.92 Å². The standard InChI is InChI=1S/C11H15N3O5/c1-6-8(10(18)14-11(19)13-6)2-3-9(17)12-4-7(16)5-15/h2-3,7,15-16H,4-5H2,1H3,(H,12,17)(H2,13,14,18,19)/b3-2+/t7-/m0/s1. The van der Waals surface area contributed by atoms with Crippen LogP contribution in [0.25, 0.3) is 6.08 Å². The van der Waals surface area contributed by atoms with E-state index in [4.69, 9.17) is 10.2 Å². The van der Waals surface area contributed by atoms with Crippen molar-refractivity contribution in [3.63, 3.8) is 0 Å². The van der Waals surface area contributed by atoms with Crippen LogP contribution in [0.15, 0.2) is 15.7 Å². The Bertz CT molecular complexity index is 587. The van der Waals surface area contributed by atoms with E-state index in [0.29, 0.717) is 5.69 Å². The maximum Gasteiger partial charge on any atom is 0.325 e. The number of carbonyl (C=O) groups excluding carboxylic acids is 1. The number of aliphatic hydroxyl groups is 2. The van der Waals surface area contributed by atoms with Gasteiger partial charge in [-0.2, -0.15) is 0 Å². The van der Waals surface area contributed by atoms with Gasteiger partial charge in [0.1, 0.15) is 0 Å². The zero-order chi connectivity index (χ0) is 14.4. The predicted octanol–water partition coefficient (Wildman–Crippen LogP) is -2.15. The molecule has 1 rings (SSSR count). The van der Waals surface area contributed by atoms with Crippen molar-refractivity contribution in [2.24, 2.45) is 0 Å². The molecular formula is C11H15N3O5. The lowest BCUT2D eigenvalue weighted by molar-refractivity contribution is -0.117. The zero-order valence-corrected chi connectivity index (χ0v) is 10.3. The fraction of sp³-hybridized carbons (Fsp3) is 0.364. The number of aromatic amines is 2. The predicted molar refractivity (Wildman–Crippen MR) is 67.6 cm³/mol. The smallest absolute Gasteiger partial charge is 0.325 e. The minimum absolute atomic E-state index is 0.0966. The van der Waals surface area contributed by atoms with Crippen molar-refractivity contribution in [3.8, 4) is 0 Å². The maximum atomic E-state index is 11.5. The second-order valence-electron chi connectivity index (χ2n) is 3.86. The molecule has 0 aliphatic carbocycles. The average molecular weight is 269 g/mol. The van der Waals surface area contributed by atoms with E-state index in [0.717, 1.165) is 6.08 Å². The Balaban J connectivity index is 2.75. The van der Waals surface area contributed by atoms with Crippen molar-refractivity contribution < 1.29 is 15.0 Å². The number of nitrogens with one attached hydrogen (secondary N) is 3. The highest BCUT2D eigenvalue weighted by Crippen LogP contribution is 1.97. The third kappa shape index (κ3) is 4.53. The normalized spacial score (nSPS) is 12.6. The van der Waals surface area contributed by atoms with Crippen LogP contribution >= 0.6 is 0 Å². The summed E-state index contributed by atoms with van der Waals surface area (Å²) in [6, 6.07) is 0. The van der Waals surface area contributed by atoms with Crippen molar-refractivity contribution in [1.29, 1.82) is 0 Å². The summed E-state index contributed by atoms with van der Waals surface area (Å²) in [4.78, 5) is 38.2. The molecule has 8 nitrogen and oxygen atoms in total. The van der Waals surface area contributed by atoms with Crippen molar-refractivity contribution in [3.05, 3.63) is 38.2 Å². The summed E-state index contributed by atoms with van der Waals surface area (Å²) in [6.07, 6.45) is 1.32. The molecule has 0 saturated heterocycles. The lowest BCUT2D eigenvalue weighted by Gasteiger charge is -2.06. The number of amides is 1. The van der Waals surface area contributed by atoms with E-state index in [1.165, 1.54) is 13.0 Å². The van der Waals surface area contributed by atoms with Gasteiger partial charge in [0.2, 0.25) is 5.91 Å². The molecule has 0 saturated carbocycles. The van der Waals surface area contributed by atoms with Gasteiger partial charge < -0.3 is 20.5 Å². The zero-order valence-electron chi connectivity index (χ0n) is 10.3. The molecule has 0 aliphatic heterocycles. The van der Waals surface area contributed by atoms with Crippen LogP contribution in [-0.2, 0) is 4.79 Å². The van der Waals surface area contributed by atoms with Crippen molar-refractivity contribution >= 4 is 12.0 Å². The Morgan fingerprint density at radius 1 is 1.42 bits per heavy atom. The summed E-state index contributed by atoms with van der Waals surface area (Å²) in [5.74, 6) is -0.530. The van der Waals surface area contributed by atoms with Gasteiger partial charge in [0.25, 0.3) is 5.56 Å². The Labute approximate surface area is 107 Å². The van der Waals surface area contributed by atoms with E-state index >= 15 is 0 Å². The molecule has 1 atom stereocenters. The number of aromatic nitrogens is 2. The molecule has 0 spiro atoms. The lowest BCUT2D eigenvalue weighted by Crippen LogP contribution is -2.32. The number of hydrogen-bond donors (Lipinski definition) is 5. The minimum atomic E-state index is -1.03. The van der Waals surface area contributed by atoms with Gasteiger partial charge >= 0.3 is 5.69 Å². The van der Waals surface area contributed by atoms with Crippen LogP contribution in [0.3, 0.4) is 0 Å². The van der Waals surface area contributed by atoms with Crippen LogP contribution in [0.1, 0.15) is 11.3 Å². The van der Waals surface area contributed by atoms with Gasteiger partial charge in [0.15, 0.2) is 0 Å². The van der Waals surface area contributed by atoms with Gasteiger partial charge in [-0.25, -0.2) is 4.79 Å². The summed E-state index contributed by atoms with van der Waals surface area (Å²) < 4.78 is 0. The molecule has 19 heavy (non-hydrogen) atoms. The molecule has 0 bridgehead atoms. The molecule has 1 amide bonds. The largest absolute Gasteiger partial charge is 0.394 e. The highest BCUT2D eigenvalue weighted by Gasteiger charge is 2.05. The van der Waals surface area contributed by atoms with Gasteiger partial charge in [-0.15, -0.1) is 0 Å². The van der Waals surface area contributed by atoms with Crippen LogP contribution in [0.5, 0.6) is 0 Å². The summed E-state index contributed by atoms with van der Waals surface area (Å²) in [6.45, 7) is 0.979. The monoisotopic (exact) mass is 269 g/mol. The number of rotatable bonds is 5. The van der Waals surface area contributed by atoms with Crippen molar-refractivity contribution in [1.82, 2.24) is 15.3 Å². The molecule has 1 aromatic rings. The topological polar surface area (TPSA) is 135 Å². The summed E-state index contributed by atoms with van der Waals surface area (Å²) in [5.41, 5.74) is -0.707. The minimum Gasteiger partial charge on any atom is -0.394 e. The summed E-state index contributed by atoms with van der Waals surface area (Å²) in [5, 5.41) is 19.9. The van der Waals surface area contributed by atoms with E-state index in [2.05, 4.69) is 10.3 Å². The van der Waals surface area contributed by atoms with Gasteiger partial charge in [0.05, 0.1) is 18.3 Å². The number of carbonyl (C=O) groups is 1. The third-order valence-electron chi connectivity index (χ3n) is 2.30. The van der Waals surface area contributed by atoms with E-state index in [1.807, 2.05) is 4.98 Å². The molecule has 5 N–H and O–H groups in total. The molecular weight excluding hydrogens is 254 g/mol. The molecule has 1 heterocycles. The third-order valence-corrected chi connectivity index (χ3v) is 2.30. The highest BCUT2D eigenvalue weighted by atomic mass is 16.3. The molecule has 1 aromatic heterocycles.